The number of fused-ring (bicyclic) bond motifs is 1. The van der Waals surface area contributed by atoms with E-state index in [1.165, 1.54) is 0 Å². The first-order chi connectivity index (χ1) is 12.0. The van der Waals surface area contributed by atoms with E-state index in [4.69, 9.17) is 13.9 Å². The summed E-state index contributed by atoms with van der Waals surface area (Å²) in [6.07, 6.45) is 0.751. The van der Waals surface area contributed by atoms with Crippen molar-refractivity contribution < 1.29 is 18.7 Å². The highest BCUT2D eigenvalue weighted by atomic mass is 16.7. The number of nitrogens with one attached hydrogen (secondary N) is 1. The second-order valence-electron chi connectivity index (χ2n) is 6.93. The number of para-hydroxylation sites is 1. The van der Waals surface area contributed by atoms with Gasteiger partial charge in [-0.15, -0.1) is 0 Å². The Morgan fingerprint density at radius 3 is 2.76 bits per heavy atom. The normalized spacial score (nSPS) is 17.6. The van der Waals surface area contributed by atoms with Crippen molar-refractivity contribution >= 4 is 17.0 Å². The minimum absolute atomic E-state index is 0.120. The van der Waals surface area contributed by atoms with E-state index in [0.29, 0.717) is 26.3 Å². The van der Waals surface area contributed by atoms with Gasteiger partial charge < -0.3 is 24.1 Å². The van der Waals surface area contributed by atoms with Gasteiger partial charge in [0.1, 0.15) is 11.3 Å². The van der Waals surface area contributed by atoms with Gasteiger partial charge in [0.05, 0.1) is 19.8 Å². The lowest BCUT2D eigenvalue weighted by Gasteiger charge is -2.26. The largest absolute Gasteiger partial charge is 0.459 e. The molecular formula is C19H26N2O4. The van der Waals surface area contributed by atoms with Crippen LogP contribution in [-0.2, 0) is 16.0 Å². The SMILES string of the molecule is C[C@@H](CNC(=O)N(C)Cc1cc2ccccc2o1)CC1(C)OCCO1. The maximum atomic E-state index is 12.3. The topological polar surface area (TPSA) is 63.9 Å². The van der Waals surface area contributed by atoms with Crippen molar-refractivity contribution in [1.82, 2.24) is 10.2 Å². The molecule has 1 aromatic carbocycles. The smallest absolute Gasteiger partial charge is 0.317 e. The van der Waals surface area contributed by atoms with E-state index in [1.807, 2.05) is 37.3 Å². The molecule has 1 N–H and O–H groups in total. The molecule has 2 heterocycles. The monoisotopic (exact) mass is 346 g/mol. The molecule has 0 saturated carbocycles. The van der Waals surface area contributed by atoms with Crippen LogP contribution in [0.2, 0.25) is 0 Å². The van der Waals surface area contributed by atoms with E-state index >= 15 is 0 Å². The fourth-order valence-electron chi connectivity index (χ4n) is 3.20. The molecule has 0 unspecified atom stereocenters. The van der Waals surface area contributed by atoms with E-state index in [0.717, 1.165) is 23.2 Å². The number of hydrogen-bond acceptors (Lipinski definition) is 4. The average molecular weight is 346 g/mol. The summed E-state index contributed by atoms with van der Waals surface area (Å²) in [7, 11) is 1.76. The molecular weight excluding hydrogens is 320 g/mol. The summed E-state index contributed by atoms with van der Waals surface area (Å²) in [6.45, 7) is 6.30. The van der Waals surface area contributed by atoms with Crippen LogP contribution in [0.25, 0.3) is 11.0 Å². The highest BCUT2D eigenvalue weighted by molar-refractivity contribution is 5.78. The molecule has 6 nitrogen and oxygen atoms in total. The maximum Gasteiger partial charge on any atom is 0.317 e. The molecule has 1 aromatic heterocycles. The number of carbonyl (C=O) groups excluding carboxylic acids is 1. The van der Waals surface area contributed by atoms with E-state index in [2.05, 4.69) is 12.2 Å². The summed E-state index contributed by atoms with van der Waals surface area (Å²) in [4.78, 5) is 13.9. The molecule has 25 heavy (non-hydrogen) atoms. The molecule has 1 saturated heterocycles. The van der Waals surface area contributed by atoms with Gasteiger partial charge in [0, 0.05) is 25.4 Å². The lowest BCUT2D eigenvalue weighted by atomic mass is 10.0. The number of rotatable bonds is 6. The van der Waals surface area contributed by atoms with Crippen LogP contribution in [-0.4, -0.2) is 43.5 Å². The number of carbonyl (C=O) groups is 1. The van der Waals surface area contributed by atoms with Gasteiger partial charge in [-0.2, -0.15) is 0 Å². The van der Waals surface area contributed by atoms with Gasteiger partial charge in [-0.05, 0) is 25.0 Å². The zero-order valence-electron chi connectivity index (χ0n) is 15.1. The minimum Gasteiger partial charge on any atom is -0.459 e. The molecule has 6 heteroatoms. The van der Waals surface area contributed by atoms with Crippen molar-refractivity contribution in [2.24, 2.45) is 5.92 Å². The Kier molecular flexibility index (Phi) is 5.30. The molecule has 2 amide bonds. The molecule has 0 aliphatic carbocycles. The summed E-state index contributed by atoms with van der Waals surface area (Å²) in [5.41, 5.74) is 0.838. The summed E-state index contributed by atoms with van der Waals surface area (Å²) < 4.78 is 17.0. The number of hydrogen-bond donors (Lipinski definition) is 1. The van der Waals surface area contributed by atoms with Gasteiger partial charge in [-0.3, -0.25) is 0 Å². The van der Waals surface area contributed by atoms with Gasteiger partial charge in [-0.25, -0.2) is 4.79 Å². The van der Waals surface area contributed by atoms with Crippen LogP contribution in [0.5, 0.6) is 0 Å². The van der Waals surface area contributed by atoms with E-state index in [9.17, 15) is 4.79 Å². The first-order valence-electron chi connectivity index (χ1n) is 8.69. The van der Waals surface area contributed by atoms with Crippen molar-refractivity contribution in [1.29, 1.82) is 0 Å². The van der Waals surface area contributed by atoms with E-state index in [1.54, 1.807) is 11.9 Å². The number of urea groups is 1. The second-order valence-corrected chi connectivity index (χ2v) is 6.93. The number of amides is 2. The van der Waals surface area contributed by atoms with Crippen LogP contribution < -0.4 is 5.32 Å². The molecule has 1 aliphatic rings. The Bertz CT molecular complexity index is 688. The van der Waals surface area contributed by atoms with E-state index < -0.39 is 5.79 Å². The van der Waals surface area contributed by atoms with Crippen molar-refractivity contribution in [3.8, 4) is 0 Å². The molecule has 1 atom stereocenters. The Balaban J connectivity index is 1.47. The standard InChI is InChI=1S/C19H26N2O4/c1-14(11-19(2)23-8-9-24-19)12-20-18(22)21(3)13-16-10-15-6-4-5-7-17(15)25-16/h4-7,10,14H,8-9,11-13H2,1-3H3,(H,20,22)/t14-/m1/s1. The zero-order valence-corrected chi connectivity index (χ0v) is 15.1. The van der Waals surface area contributed by atoms with Gasteiger partial charge in [0.25, 0.3) is 0 Å². The summed E-state index contributed by atoms with van der Waals surface area (Å²) in [6, 6.07) is 9.68. The molecule has 0 spiro atoms. The van der Waals surface area contributed by atoms with Gasteiger partial charge in [0.15, 0.2) is 5.79 Å². The summed E-state index contributed by atoms with van der Waals surface area (Å²) in [5, 5.41) is 4.01. The van der Waals surface area contributed by atoms with Crippen molar-refractivity contribution in [3.05, 3.63) is 36.1 Å². The third kappa shape index (κ3) is 4.52. The van der Waals surface area contributed by atoms with Crippen LogP contribution in [0.15, 0.2) is 34.7 Å². The highest BCUT2D eigenvalue weighted by Crippen LogP contribution is 2.26. The van der Waals surface area contributed by atoms with Gasteiger partial charge in [-0.1, -0.05) is 25.1 Å². The lowest BCUT2D eigenvalue weighted by molar-refractivity contribution is -0.153. The Morgan fingerprint density at radius 2 is 2.04 bits per heavy atom. The molecule has 136 valence electrons. The Morgan fingerprint density at radius 1 is 1.32 bits per heavy atom. The van der Waals surface area contributed by atoms with Crippen LogP contribution in [0, 0.1) is 5.92 Å². The highest BCUT2D eigenvalue weighted by Gasteiger charge is 2.32. The van der Waals surface area contributed by atoms with Crippen LogP contribution in [0.4, 0.5) is 4.79 Å². The van der Waals surface area contributed by atoms with E-state index in [-0.39, 0.29) is 11.9 Å². The molecule has 2 aromatic rings. The van der Waals surface area contributed by atoms with Crippen molar-refractivity contribution in [2.45, 2.75) is 32.6 Å². The van der Waals surface area contributed by atoms with Crippen molar-refractivity contribution in [3.63, 3.8) is 0 Å². The molecule has 1 fully saturated rings. The predicted octanol–water partition coefficient (Wildman–Crippen LogP) is 3.36. The Labute approximate surface area is 148 Å². The number of ether oxygens (including phenoxy) is 2. The fourth-order valence-corrected chi connectivity index (χ4v) is 3.20. The number of furan rings is 1. The third-order valence-electron chi connectivity index (χ3n) is 4.44. The van der Waals surface area contributed by atoms with Crippen molar-refractivity contribution in [2.75, 3.05) is 26.8 Å². The third-order valence-corrected chi connectivity index (χ3v) is 4.44. The second kappa shape index (κ2) is 7.45. The van der Waals surface area contributed by atoms with Crippen LogP contribution >= 0.6 is 0 Å². The number of nitrogens with zero attached hydrogens (tertiary/aromatic N) is 1. The van der Waals surface area contributed by atoms with Gasteiger partial charge >= 0.3 is 6.03 Å². The van der Waals surface area contributed by atoms with Crippen LogP contribution in [0.1, 0.15) is 26.0 Å². The summed E-state index contributed by atoms with van der Waals surface area (Å²) in [5.74, 6) is 0.503. The first-order valence-corrected chi connectivity index (χ1v) is 8.69. The lowest BCUT2D eigenvalue weighted by Crippen LogP contribution is -2.40. The van der Waals surface area contributed by atoms with Gasteiger partial charge in [0.2, 0.25) is 0 Å². The maximum absolute atomic E-state index is 12.3. The molecule has 1 aliphatic heterocycles. The Hall–Kier alpha value is -2.05. The fraction of sp³-hybridized carbons (Fsp3) is 0.526. The molecule has 3 rings (SSSR count). The number of benzene rings is 1. The predicted molar refractivity (Wildman–Crippen MR) is 95.2 cm³/mol. The summed E-state index contributed by atoms with van der Waals surface area (Å²) >= 11 is 0. The quantitative estimate of drug-likeness (QED) is 0.871. The molecule has 0 bridgehead atoms. The van der Waals surface area contributed by atoms with Crippen LogP contribution in [0.3, 0.4) is 0 Å². The molecule has 0 radical (unpaired) electrons. The first kappa shape index (κ1) is 17.8. The average Bonchev–Trinajstić information content (AvgIpc) is 3.18. The zero-order chi connectivity index (χ0) is 17.9. The minimum atomic E-state index is -0.523.